The quantitative estimate of drug-likeness (QED) is 0.924. The minimum atomic E-state index is -0.0934. The molecule has 2 rings (SSSR count). The Morgan fingerprint density at radius 2 is 2.40 bits per heavy atom. The van der Waals surface area contributed by atoms with Gasteiger partial charge in [-0.3, -0.25) is 4.90 Å². The fourth-order valence-electron chi connectivity index (χ4n) is 1.77. The van der Waals surface area contributed by atoms with E-state index in [-0.39, 0.29) is 6.04 Å². The average Bonchev–Trinajstić information content (AvgIpc) is 2.57. The molecule has 1 aromatic heterocycles. The van der Waals surface area contributed by atoms with Gasteiger partial charge >= 0.3 is 0 Å². The summed E-state index contributed by atoms with van der Waals surface area (Å²) in [7, 11) is 0. The Hall–Kier alpha value is -0.410. The second-order valence-electron chi connectivity index (χ2n) is 3.73. The average molecular weight is 286 g/mol. The van der Waals surface area contributed by atoms with Gasteiger partial charge in [-0.25, -0.2) is 0 Å². The lowest BCUT2D eigenvalue weighted by Crippen LogP contribution is -2.50. The molecule has 2 N–H and O–H groups in total. The number of hydrogen-bond acceptors (Lipinski definition) is 4. The van der Waals surface area contributed by atoms with Crippen LogP contribution in [0, 0.1) is 17.2 Å². The first-order valence-electron chi connectivity index (χ1n) is 4.83. The van der Waals surface area contributed by atoms with Crippen LogP contribution in [-0.4, -0.2) is 24.5 Å². The zero-order valence-corrected chi connectivity index (χ0v) is 10.6. The Morgan fingerprint density at radius 1 is 1.67 bits per heavy atom. The van der Waals surface area contributed by atoms with Crippen LogP contribution in [0.4, 0.5) is 0 Å². The van der Waals surface area contributed by atoms with Gasteiger partial charge in [0.05, 0.1) is 9.86 Å². The van der Waals surface area contributed by atoms with E-state index in [1.54, 1.807) is 11.3 Å². The maximum Gasteiger partial charge on any atom is 0.133 e. The molecule has 0 aliphatic carbocycles. The van der Waals surface area contributed by atoms with Crippen molar-refractivity contribution in [1.29, 1.82) is 5.26 Å². The summed E-state index contributed by atoms with van der Waals surface area (Å²) in [5.41, 5.74) is 5.57. The normalized spacial score (nSPS) is 19.5. The maximum absolute atomic E-state index is 9.15. The van der Waals surface area contributed by atoms with Gasteiger partial charge in [-0.15, -0.1) is 11.3 Å². The number of rotatable bonds is 3. The van der Waals surface area contributed by atoms with Gasteiger partial charge in [0.25, 0.3) is 0 Å². The minimum absolute atomic E-state index is 0.0934. The molecule has 1 aliphatic heterocycles. The highest BCUT2D eigenvalue weighted by atomic mass is 79.9. The molecule has 0 saturated carbocycles. The fraction of sp³-hybridized carbons (Fsp3) is 0.500. The van der Waals surface area contributed by atoms with Crippen molar-refractivity contribution < 1.29 is 0 Å². The minimum Gasteiger partial charge on any atom is -0.330 e. The Balaban J connectivity index is 2.04. The molecule has 3 nitrogen and oxygen atoms in total. The largest absolute Gasteiger partial charge is 0.330 e. The molecule has 1 aliphatic rings. The van der Waals surface area contributed by atoms with Gasteiger partial charge in [-0.2, -0.15) is 5.26 Å². The van der Waals surface area contributed by atoms with Crippen LogP contribution in [0.2, 0.25) is 0 Å². The predicted octanol–water partition coefficient (Wildman–Crippen LogP) is 1.97. The van der Waals surface area contributed by atoms with Crippen LogP contribution < -0.4 is 5.73 Å². The number of nitriles is 1. The van der Waals surface area contributed by atoms with Crippen molar-refractivity contribution in [2.24, 2.45) is 11.7 Å². The molecular formula is C10H12BrN3S. The van der Waals surface area contributed by atoms with E-state index < -0.39 is 0 Å². The predicted molar refractivity (Wildman–Crippen MR) is 64.5 cm³/mol. The molecule has 0 spiro atoms. The second-order valence-corrected chi connectivity index (χ2v) is 6.22. The highest BCUT2D eigenvalue weighted by Gasteiger charge is 2.32. The SMILES string of the molecule is N#C[C@@H](c1ccc(Br)s1)N1CC(CN)C1. The topological polar surface area (TPSA) is 53.0 Å². The molecule has 0 radical (unpaired) electrons. The summed E-state index contributed by atoms with van der Waals surface area (Å²) in [6, 6.07) is 6.26. The lowest BCUT2D eigenvalue weighted by atomic mass is 9.98. The van der Waals surface area contributed by atoms with Crippen LogP contribution in [0.5, 0.6) is 0 Å². The Bertz CT molecular complexity index is 378. The molecule has 0 unspecified atom stereocenters. The number of likely N-dealkylation sites (tertiary alicyclic amines) is 1. The van der Waals surface area contributed by atoms with E-state index in [2.05, 4.69) is 26.9 Å². The molecule has 80 valence electrons. The number of hydrogen-bond donors (Lipinski definition) is 1. The lowest BCUT2D eigenvalue weighted by Gasteiger charge is -2.41. The van der Waals surface area contributed by atoms with Crippen molar-refractivity contribution >= 4 is 27.3 Å². The molecule has 1 atom stereocenters. The van der Waals surface area contributed by atoms with E-state index >= 15 is 0 Å². The van der Waals surface area contributed by atoms with E-state index in [1.165, 1.54) is 0 Å². The summed E-state index contributed by atoms with van der Waals surface area (Å²) in [5.74, 6) is 0.573. The van der Waals surface area contributed by atoms with Crippen LogP contribution in [0.25, 0.3) is 0 Å². The molecule has 0 bridgehead atoms. The third-order valence-corrected chi connectivity index (χ3v) is 4.35. The zero-order valence-electron chi connectivity index (χ0n) is 8.19. The molecule has 0 aromatic carbocycles. The zero-order chi connectivity index (χ0) is 10.8. The van der Waals surface area contributed by atoms with Gasteiger partial charge in [0, 0.05) is 18.0 Å². The monoisotopic (exact) mass is 285 g/mol. The molecule has 1 saturated heterocycles. The first kappa shape index (κ1) is 11.1. The number of nitrogens with two attached hydrogens (primary N) is 1. The number of halogens is 1. The highest BCUT2D eigenvalue weighted by molar-refractivity contribution is 9.11. The van der Waals surface area contributed by atoms with Gasteiger partial charge in [0.2, 0.25) is 0 Å². The van der Waals surface area contributed by atoms with Crippen molar-refractivity contribution in [2.45, 2.75) is 6.04 Å². The van der Waals surface area contributed by atoms with Crippen molar-refractivity contribution in [3.63, 3.8) is 0 Å². The van der Waals surface area contributed by atoms with Gasteiger partial charge in [-0.1, -0.05) is 0 Å². The molecule has 5 heteroatoms. The van der Waals surface area contributed by atoms with Gasteiger partial charge in [0.1, 0.15) is 6.04 Å². The van der Waals surface area contributed by atoms with Crippen molar-refractivity contribution in [1.82, 2.24) is 4.90 Å². The summed E-state index contributed by atoms with van der Waals surface area (Å²) in [4.78, 5) is 3.29. The molecule has 2 heterocycles. The fourth-order valence-corrected chi connectivity index (χ4v) is 3.27. The Labute approximate surface area is 102 Å². The van der Waals surface area contributed by atoms with E-state index in [0.717, 1.165) is 28.3 Å². The van der Waals surface area contributed by atoms with Crippen LogP contribution in [0.3, 0.4) is 0 Å². The second kappa shape index (κ2) is 4.62. The van der Waals surface area contributed by atoms with Crippen molar-refractivity contribution in [3.05, 3.63) is 20.8 Å². The summed E-state index contributed by atoms with van der Waals surface area (Å²) < 4.78 is 1.08. The van der Waals surface area contributed by atoms with Crippen LogP contribution >= 0.6 is 27.3 Å². The highest BCUT2D eigenvalue weighted by Crippen LogP contribution is 2.33. The van der Waals surface area contributed by atoms with Crippen molar-refractivity contribution in [3.8, 4) is 6.07 Å². The molecule has 0 amide bonds. The summed E-state index contributed by atoms with van der Waals surface area (Å²) in [6.45, 7) is 2.62. The summed E-state index contributed by atoms with van der Waals surface area (Å²) >= 11 is 5.04. The number of thiophene rings is 1. The third kappa shape index (κ3) is 2.23. The Morgan fingerprint density at radius 3 is 2.87 bits per heavy atom. The maximum atomic E-state index is 9.15. The molecular weight excluding hydrogens is 274 g/mol. The van der Waals surface area contributed by atoms with Crippen molar-refractivity contribution in [2.75, 3.05) is 19.6 Å². The summed E-state index contributed by atoms with van der Waals surface area (Å²) in [6.07, 6.45) is 0. The number of nitrogens with zero attached hydrogens (tertiary/aromatic N) is 2. The van der Waals surface area contributed by atoms with Gasteiger partial charge in [0.15, 0.2) is 0 Å². The van der Waals surface area contributed by atoms with E-state index in [4.69, 9.17) is 11.0 Å². The summed E-state index contributed by atoms with van der Waals surface area (Å²) in [5, 5.41) is 9.15. The molecule has 15 heavy (non-hydrogen) atoms. The first-order valence-corrected chi connectivity index (χ1v) is 6.44. The van der Waals surface area contributed by atoms with Crippen LogP contribution in [0.1, 0.15) is 10.9 Å². The third-order valence-electron chi connectivity index (χ3n) is 2.67. The standard InChI is InChI=1S/C10H12BrN3S/c11-10-2-1-9(15-10)8(4-13)14-5-7(3-12)6-14/h1-2,7-8H,3,5-6,12H2/t8-/m0/s1. The molecule has 1 fully saturated rings. The van der Waals surface area contributed by atoms with Crippen LogP contribution in [0.15, 0.2) is 15.9 Å². The van der Waals surface area contributed by atoms with Crippen LogP contribution in [-0.2, 0) is 0 Å². The smallest absolute Gasteiger partial charge is 0.133 e. The van der Waals surface area contributed by atoms with E-state index in [0.29, 0.717) is 5.92 Å². The van der Waals surface area contributed by atoms with Gasteiger partial charge < -0.3 is 5.73 Å². The Kier molecular flexibility index (Phi) is 3.42. The van der Waals surface area contributed by atoms with E-state index in [1.807, 2.05) is 12.1 Å². The van der Waals surface area contributed by atoms with E-state index in [9.17, 15) is 0 Å². The van der Waals surface area contributed by atoms with Gasteiger partial charge in [-0.05, 0) is 40.5 Å². The first-order chi connectivity index (χ1) is 7.24. The molecule has 1 aromatic rings. The lowest BCUT2D eigenvalue weighted by molar-refractivity contribution is 0.0812.